The lowest BCUT2D eigenvalue weighted by molar-refractivity contribution is -0.135. The topological polar surface area (TPSA) is 95.7 Å². The fraction of sp³-hybridized carbons (Fsp3) is 0.375. The maximum absolute atomic E-state index is 10.9. The van der Waals surface area contributed by atoms with Gasteiger partial charge in [-0.05, 0) is 31.0 Å². The molecule has 22 heavy (non-hydrogen) atoms. The summed E-state index contributed by atoms with van der Waals surface area (Å²) in [6, 6.07) is 5.92. The highest BCUT2D eigenvalue weighted by Crippen LogP contribution is 2.35. The number of hydrogen-bond donors (Lipinski definition) is 3. The highest BCUT2D eigenvalue weighted by molar-refractivity contribution is 5.75. The number of aliphatic carboxylic acids is 1. The first kappa shape index (κ1) is 15.9. The molecule has 2 rings (SSSR count). The molecule has 0 spiro atoms. The van der Waals surface area contributed by atoms with Gasteiger partial charge in [-0.15, -0.1) is 0 Å². The maximum atomic E-state index is 10.9. The van der Waals surface area contributed by atoms with Gasteiger partial charge in [0.05, 0.1) is 0 Å². The first-order valence-electron chi connectivity index (χ1n) is 7.21. The number of nitrogens with one attached hydrogen (secondary N) is 1. The molecule has 0 saturated heterocycles. The number of fused-ring (bicyclic) bond motifs is 1. The Morgan fingerprint density at radius 1 is 1.50 bits per heavy atom. The van der Waals surface area contributed by atoms with E-state index < -0.39 is 5.97 Å². The third kappa shape index (κ3) is 3.58. The van der Waals surface area contributed by atoms with Crippen molar-refractivity contribution in [1.82, 2.24) is 4.90 Å². The standard InChI is InChI=1S/C16H21N3O3/c1-10(3-6-15(17)20)19-9-12-7-13(18-8-16(21)22)4-5-14(12)11(19)2/h4-5,7,10,18H,2-3,6,8-9H2,1H3,(H2,17,20)(H,21,22). The summed E-state index contributed by atoms with van der Waals surface area (Å²) in [5.41, 5.74) is 9.07. The number of benzene rings is 1. The molecule has 0 aromatic heterocycles. The van der Waals surface area contributed by atoms with Crippen LogP contribution in [0.3, 0.4) is 0 Å². The van der Waals surface area contributed by atoms with E-state index in [1.54, 1.807) is 0 Å². The zero-order valence-corrected chi connectivity index (χ0v) is 12.6. The van der Waals surface area contributed by atoms with Crippen LogP contribution in [0.4, 0.5) is 5.69 Å². The van der Waals surface area contributed by atoms with Crippen molar-refractivity contribution in [2.75, 3.05) is 11.9 Å². The van der Waals surface area contributed by atoms with E-state index in [4.69, 9.17) is 10.8 Å². The Hall–Kier alpha value is -2.50. The van der Waals surface area contributed by atoms with E-state index in [0.717, 1.165) is 22.5 Å². The summed E-state index contributed by atoms with van der Waals surface area (Å²) in [5, 5.41) is 11.6. The van der Waals surface area contributed by atoms with E-state index in [1.807, 2.05) is 25.1 Å². The van der Waals surface area contributed by atoms with Crippen LogP contribution in [0.2, 0.25) is 0 Å². The number of anilines is 1. The number of carboxylic acids is 1. The molecule has 1 aliphatic rings. The van der Waals surface area contributed by atoms with Crippen molar-refractivity contribution in [2.24, 2.45) is 5.73 Å². The van der Waals surface area contributed by atoms with Crippen LogP contribution in [-0.2, 0) is 16.1 Å². The predicted octanol–water partition coefficient (Wildman–Crippen LogP) is 1.62. The van der Waals surface area contributed by atoms with Gasteiger partial charge in [0.2, 0.25) is 5.91 Å². The van der Waals surface area contributed by atoms with Gasteiger partial charge in [-0.25, -0.2) is 0 Å². The van der Waals surface area contributed by atoms with E-state index in [0.29, 0.717) is 19.4 Å². The van der Waals surface area contributed by atoms with Crippen molar-refractivity contribution >= 4 is 23.3 Å². The Bertz CT molecular complexity index is 613. The summed E-state index contributed by atoms with van der Waals surface area (Å²) in [6.45, 7) is 6.76. The highest BCUT2D eigenvalue weighted by Gasteiger charge is 2.26. The van der Waals surface area contributed by atoms with Gasteiger partial charge in [0, 0.05) is 36.0 Å². The zero-order valence-electron chi connectivity index (χ0n) is 12.6. The first-order chi connectivity index (χ1) is 10.4. The number of rotatable bonds is 7. The fourth-order valence-electron chi connectivity index (χ4n) is 2.66. The van der Waals surface area contributed by atoms with Crippen LogP contribution in [0.5, 0.6) is 0 Å². The molecule has 6 heteroatoms. The number of hydrogen-bond acceptors (Lipinski definition) is 4. The number of carbonyl (C=O) groups excluding carboxylic acids is 1. The van der Waals surface area contributed by atoms with Crippen LogP contribution >= 0.6 is 0 Å². The van der Waals surface area contributed by atoms with Gasteiger partial charge in [-0.3, -0.25) is 9.59 Å². The van der Waals surface area contributed by atoms with Crippen molar-refractivity contribution in [3.05, 3.63) is 35.9 Å². The lowest BCUT2D eigenvalue weighted by Gasteiger charge is -2.27. The second-order valence-electron chi connectivity index (χ2n) is 5.55. The van der Waals surface area contributed by atoms with Gasteiger partial charge in [0.1, 0.15) is 6.54 Å². The minimum absolute atomic E-state index is 0.113. The molecule has 0 radical (unpaired) electrons. The molecule has 1 amide bonds. The molecule has 1 atom stereocenters. The molecule has 1 heterocycles. The fourth-order valence-corrected chi connectivity index (χ4v) is 2.66. The van der Waals surface area contributed by atoms with Crippen molar-refractivity contribution in [3.8, 4) is 0 Å². The number of amides is 1. The summed E-state index contributed by atoms with van der Waals surface area (Å²) in [7, 11) is 0. The summed E-state index contributed by atoms with van der Waals surface area (Å²) in [4.78, 5) is 23.7. The Kier molecular flexibility index (Phi) is 4.70. The molecule has 0 saturated carbocycles. The molecular weight excluding hydrogens is 282 g/mol. The average molecular weight is 303 g/mol. The number of carbonyl (C=O) groups is 2. The van der Waals surface area contributed by atoms with Crippen LogP contribution in [0.25, 0.3) is 5.70 Å². The summed E-state index contributed by atoms with van der Waals surface area (Å²) >= 11 is 0. The summed E-state index contributed by atoms with van der Waals surface area (Å²) in [6.07, 6.45) is 1.04. The minimum Gasteiger partial charge on any atom is -0.480 e. The van der Waals surface area contributed by atoms with E-state index in [-0.39, 0.29) is 18.5 Å². The van der Waals surface area contributed by atoms with Crippen molar-refractivity contribution in [1.29, 1.82) is 0 Å². The van der Waals surface area contributed by atoms with Gasteiger partial charge in [-0.2, -0.15) is 0 Å². The largest absolute Gasteiger partial charge is 0.480 e. The summed E-state index contributed by atoms with van der Waals surface area (Å²) < 4.78 is 0. The van der Waals surface area contributed by atoms with E-state index >= 15 is 0 Å². The molecule has 118 valence electrons. The van der Waals surface area contributed by atoms with E-state index in [2.05, 4.69) is 16.8 Å². The van der Waals surface area contributed by atoms with Crippen molar-refractivity contribution < 1.29 is 14.7 Å². The lowest BCUT2D eigenvalue weighted by Crippen LogP contribution is -2.28. The molecule has 1 aromatic rings. The molecule has 0 bridgehead atoms. The molecular formula is C16H21N3O3. The number of primary amides is 1. The van der Waals surface area contributed by atoms with Gasteiger partial charge in [0.15, 0.2) is 0 Å². The Morgan fingerprint density at radius 2 is 2.23 bits per heavy atom. The number of nitrogens with two attached hydrogens (primary N) is 1. The number of carboxylic acid groups (broad SMARTS) is 1. The molecule has 1 unspecified atom stereocenters. The van der Waals surface area contributed by atoms with Crippen LogP contribution < -0.4 is 11.1 Å². The van der Waals surface area contributed by atoms with Gasteiger partial charge in [-0.1, -0.05) is 12.6 Å². The molecule has 0 aliphatic carbocycles. The van der Waals surface area contributed by atoms with Crippen LogP contribution in [0.15, 0.2) is 24.8 Å². The van der Waals surface area contributed by atoms with E-state index in [1.165, 1.54) is 0 Å². The average Bonchev–Trinajstić information content (AvgIpc) is 2.79. The van der Waals surface area contributed by atoms with Crippen molar-refractivity contribution in [2.45, 2.75) is 32.4 Å². The first-order valence-corrected chi connectivity index (χ1v) is 7.21. The molecule has 6 nitrogen and oxygen atoms in total. The van der Waals surface area contributed by atoms with E-state index in [9.17, 15) is 9.59 Å². The maximum Gasteiger partial charge on any atom is 0.322 e. The molecule has 0 fully saturated rings. The minimum atomic E-state index is -0.897. The number of nitrogens with zero attached hydrogens (tertiary/aromatic N) is 1. The smallest absolute Gasteiger partial charge is 0.322 e. The van der Waals surface area contributed by atoms with Gasteiger partial charge in [0.25, 0.3) is 0 Å². The normalized spacial score (nSPS) is 14.6. The SMILES string of the molecule is C=C1c2ccc(NCC(=O)O)cc2CN1C(C)CCC(N)=O. The molecule has 1 aliphatic heterocycles. The second kappa shape index (κ2) is 6.51. The van der Waals surface area contributed by atoms with Gasteiger partial charge < -0.3 is 21.1 Å². The predicted molar refractivity (Wildman–Crippen MR) is 85.0 cm³/mol. The Labute approximate surface area is 129 Å². The Balaban J connectivity index is 2.06. The van der Waals surface area contributed by atoms with Crippen LogP contribution in [-0.4, -0.2) is 34.5 Å². The summed E-state index contributed by atoms with van der Waals surface area (Å²) in [5.74, 6) is -1.19. The van der Waals surface area contributed by atoms with Crippen LogP contribution in [0.1, 0.15) is 30.9 Å². The lowest BCUT2D eigenvalue weighted by atomic mass is 10.1. The van der Waals surface area contributed by atoms with Crippen LogP contribution in [0, 0.1) is 0 Å². The third-order valence-corrected chi connectivity index (χ3v) is 3.89. The van der Waals surface area contributed by atoms with Crippen molar-refractivity contribution in [3.63, 3.8) is 0 Å². The van der Waals surface area contributed by atoms with Gasteiger partial charge >= 0.3 is 5.97 Å². The molecule has 4 N–H and O–H groups in total. The molecule has 1 aromatic carbocycles. The third-order valence-electron chi connectivity index (χ3n) is 3.89. The monoisotopic (exact) mass is 303 g/mol. The quantitative estimate of drug-likeness (QED) is 0.711. The zero-order chi connectivity index (χ0) is 16.3. The Morgan fingerprint density at radius 3 is 2.86 bits per heavy atom. The second-order valence-corrected chi connectivity index (χ2v) is 5.55. The highest BCUT2D eigenvalue weighted by atomic mass is 16.4.